The Morgan fingerprint density at radius 2 is 1.93 bits per heavy atom. The molecule has 7 nitrogen and oxygen atoms in total. The largest absolute Gasteiger partial charge is 0.497 e. The second-order valence-corrected chi connectivity index (χ2v) is 6.00. The summed E-state index contributed by atoms with van der Waals surface area (Å²) >= 11 is 0. The molecular formula is C20H22N4O3. The third-order valence-corrected chi connectivity index (χ3v) is 4.21. The average Bonchev–Trinajstić information content (AvgIpc) is 3.17. The smallest absolute Gasteiger partial charge is 0.274 e. The molecule has 0 fully saturated rings. The summed E-state index contributed by atoms with van der Waals surface area (Å²) in [5.74, 6) is 0.331. The van der Waals surface area contributed by atoms with Gasteiger partial charge in [0.2, 0.25) is 0 Å². The number of aromatic nitrogens is 3. The Labute approximate surface area is 157 Å². The van der Waals surface area contributed by atoms with Gasteiger partial charge in [-0.3, -0.25) is 4.79 Å². The second kappa shape index (κ2) is 8.46. The molecule has 1 amide bonds. The lowest BCUT2D eigenvalue weighted by Gasteiger charge is -2.06. The predicted octanol–water partition coefficient (Wildman–Crippen LogP) is 2.26. The van der Waals surface area contributed by atoms with E-state index in [0.717, 1.165) is 23.4 Å². The van der Waals surface area contributed by atoms with Crippen molar-refractivity contribution in [3.05, 3.63) is 71.0 Å². The van der Waals surface area contributed by atoms with Crippen LogP contribution in [0.1, 0.15) is 34.2 Å². The molecule has 0 aliphatic carbocycles. The fourth-order valence-electron chi connectivity index (χ4n) is 2.65. The van der Waals surface area contributed by atoms with Gasteiger partial charge in [-0.1, -0.05) is 31.2 Å². The Kier molecular flexibility index (Phi) is 5.83. The molecule has 0 saturated heterocycles. The highest BCUT2D eigenvalue weighted by Crippen LogP contribution is 2.14. The maximum atomic E-state index is 12.5. The summed E-state index contributed by atoms with van der Waals surface area (Å²) in [4.78, 5) is 13.9. The van der Waals surface area contributed by atoms with Gasteiger partial charge in [0.1, 0.15) is 11.4 Å². The Hall–Kier alpha value is -3.19. The fraction of sp³-hybridized carbons (Fsp3) is 0.250. The summed E-state index contributed by atoms with van der Waals surface area (Å²) in [5, 5.41) is 20.8. The molecule has 0 bridgehead atoms. The van der Waals surface area contributed by atoms with Gasteiger partial charge in [0, 0.05) is 6.54 Å². The van der Waals surface area contributed by atoms with Crippen molar-refractivity contribution in [1.82, 2.24) is 20.3 Å². The average molecular weight is 366 g/mol. The van der Waals surface area contributed by atoms with Crippen molar-refractivity contribution in [2.45, 2.75) is 26.5 Å². The number of benzene rings is 2. The molecule has 0 saturated carbocycles. The number of aliphatic hydroxyl groups is 1. The van der Waals surface area contributed by atoms with E-state index in [-0.39, 0.29) is 18.0 Å². The van der Waals surface area contributed by atoms with Crippen molar-refractivity contribution in [3.63, 3.8) is 0 Å². The second-order valence-electron chi connectivity index (χ2n) is 6.00. The van der Waals surface area contributed by atoms with Gasteiger partial charge in [0.05, 0.1) is 19.4 Å². The fourth-order valence-corrected chi connectivity index (χ4v) is 2.65. The van der Waals surface area contributed by atoms with E-state index in [1.807, 2.05) is 48.5 Å². The lowest BCUT2D eigenvalue weighted by molar-refractivity contribution is 0.0942. The van der Waals surface area contributed by atoms with Crippen molar-refractivity contribution in [2.75, 3.05) is 7.11 Å². The monoisotopic (exact) mass is 366 g/mol. The van der Waals surface area contributed by atoms with Gasteiger partial charge in [-0.2, -0.15) is 4.80 Å². The van der Waals surface area contributed by atoms with Crippen LogP contribution in [0.15, 0.2) is 48.5 Å². The molecule has 0 aliphatic rings. The van der Waals surface area contributed by atoms with Gasteiger partial charge in [0.15, 0.2) is 5.69 Å². The van der Waals surface area contributed by atoms with Crippen molar-refractivity contribution in [1.29, 1.82) is 0 Å². The summed E-state index contributed by atoms with van der Waals surface area (Å²) in [6, 6.07) is 15.2. The molecule has 1 heterocycles. The molecule has 3 aromatic rings. The molecule has 3 rings (SSSR count). The SMILES string of the molecule is CCc1ccc(-n2nc(CO)c(C(=O)NCc3cccc(OC)c3)n2)cc1. The third-order valence-electron chi connectivity index (χ3n) is 4.21. The van der Waals surface area contributed by atoms with Crippen LogP contribution in [0.3, 0.4) is 0 Å². The molecule has 27 heavy (non-hydrogen) atoms. The summed E-state index contributed by atoms with van der Waals surface area (Å²) in [6.07, 6.45) is 0.937. The van der Waals surface area contributed by atoms with Gasteiger partial charge < -0.3 is 15.2 Å². The Balaban J connectivity index is 1.76. The number of amides is 1. The van der Waals surface area contributed by atoms with Gasteiger partial charge in [0.25, 0.3) is 5.91 Å². The number of carbonyl (C=O) groups excluding carboxylic acids is 1. The number of rotatable bonds is 7. The van der Waals surface area contributed by atoms with E-state index in [2.05, 4.69) is 22.4 Å². The minimum absolute atomic E-state index is 0.111. The molecular weight excluding hydrogens is 344 g/mol. The molecule has 0 unspecified atom stereocenters. The van der Waals surface area contributed by atoms with Gasteiger partial charge in [-0.05, 0) is 41.8 Å². The van der Waals surface area contributed by atoms with E-state index in [1.54, 1.807) is 7.11 Å². The number of hydrogen-bond donors (Lipinski definition) is 2. The molecule has 2 aromatic carbocycles. The Morgan fingerprint density at radius 3 is 2.59 bits per heavy atom. The van der Waals surface area contributed by atoms with Crippen LogP contribution in [0, 0.1) is 0 Å². The normalized spacial score (nSPS) is 10.6. The molecule has 1 aromatic heterocycles. The first-order valence-corrected chi connectivity index (χ1v) is 8.72. The summed E-state index contributed by atoms with van der Waals surface area (Å²) in [7, 11) is 1.59. The van der Waals surface area contributed by atoms with Crippen LogP contribution in [0.2, 0.25) is 0 Å². The summed E-state index contributed by atoms with van der Waals surface area (Å²) < 4.78 is 5.18. The minimum Gasteiger partial charge on any atom is -0.497 e. The van der Waals surface area contributed by atoms with Crippen molar-refractivity contribution >= 4 is 5.91 Å². The standard InChI is InChI=1S/C20H22N4O3/c1-3-14-7-9-16(10-8-14)24-22-18(13-25)19(23-24)20(26)21-12-15-5-4-6-17(11-15)27-2/h4-11,25H,3,12-13H2,1-2H3,(H,21,26). The van der Waals surface area contributed by atoms with Crippen LogP contribution in [0.4, 0.5) is 0 Å². The number of aryl methyl sites for hydroxylation is 1. The van der Waals surface area contributed by atoms with Crippen LogP contribution < -0.4 is 10.1 Å². The topological polar surface area (TPSA) is 89.3 Å². The van der Waals surface area contributed by atoms with E-state index in [0.29, 0.717) is 6.54 Å². The van der Waals surface area contributed by atoms with Crippen LogP contribution in [0.25, 0.3) is 5.69 Å². The number of aliphatic hydroxyl groups excluding tert-OH is 1. The first kappa shape index (κ1) is 18.6. The number of ether oxygens (including phenoxy) is 1. The molecule has 0 spiro atoms. The van der Waals surface area contributed by atoms with Gasteiger partial charge >= 0.3 is 0 Å². The number of nitrogens with zero attached hydrogens (tertiary/aromatic N) is 3. The van der Waals surface area contributed by atoms with E-state index in [1.165, 1.54) is 10.4 Å². The highest BCUT2D eigenvalue weighted by atomic mass is 16.5. The first-order valence-electron chi connectivity index (χ1n) is 8.72. The molecule has 7 heteroatoms. The lowest BCUT2D eigenvalue weighted by Crippen LogP contribution is -2.24. The zero-order valence-electron chi connectivity index (χ0n) is 15.3. The molecule has 0 radical (unpaired) electrons. The minimum atomic E-state index is -0.390. The van der Waals surface area contributed by atoms with E-state index < -0.39 is 5.91 Å². The predicted molar refractivity (Wildman–Crippen MR) is 101 cm³/mol. The van der Waals surface area contributed by atoms with Gasteiger partial charge in [-0.15, -0.1) is 10.2 Å². The molecule has 140 valence electrons. The number of nitrogens with one attached hydrogen (secondary N) is 1. The van der Waals surface area contributed by atoms with E-state index in [9.17, 15) is 9.90 Å². The number of carbonyl (C=O) groups is 1. The van der Waals surface area contributed by atoms with Crippen molar-refractivity contribution in [2.24, 2.45) is 0 Å². The number of hydrogen-bond acceptors (Lipinski definition) is 5. The van der Waals surface area contributed by atoms with E-state index in [4.69, 9.17) is 4.74 Å². The Morgan fingerprint density at radius 1 is 1.15 bits per heavy atom. The van der Waals surface area contributed by atoms with Crippen LogP contribution in [-0.4, -0.2) is 33.1 Å². The summed E-state index contributed by atoms with van der Waals surface area (Å²) in [5.41, 5.74) is 3.17. The lowest BCUT2D eigenvalue weighted by atomic mass is 10.2. The quantitative estimate of drug-likeness (QED) is 0.669. The van der Waals surface area contributed by atoms with E-state index >= 15 is 0 Å². The van der Waals surface area contributed by atoms with Gasteiger partial charge in [-0.25, -0.2) is 0 Å². The van der Waals surface area contributed by atoms with Crippen LogP contribution in [0.5, 0.6) is 5.75 Å². The summed E-state index contributed by atoms with van der Waals surface area (Å²) in [6.45, 7) is 2.03. The van der Waals surface area contributed by atoms with Crippen LogP contribution in [-0.2, 0) is 19.6 Å². The maximum absolute atomic E-state index is 12.5. The Bertz CT molecular complexity index is 919. The zero-order valence-corrected chi connectivity index (χ0v) is 15.3. The highest BCUT2D eigenvalue weighted by molar-refractivity contribution is 5.93. The molecule has 0 atom stereocenters. The van der Waals surface area contributed by atoms with Crippen molar-refractivity contribution in [3.8, 4) is 11.4 Å². The zero-order chi connectivity index (χ0) is 19.2. The third kappa shape index (κ3) is 4.32. The van der Waals surface area contributed by atoms with Crippen molar-refractivity contribution < 1.29 is 14.6 Å². The first-order chi connectivity index (χ1) is 13.1. The molecule has 2 N–H and O–H groups in total. The highest BCUT2D eigenvalue weighted by Gasteiger charge is 2.18. The van der Waals surface area contributed by atoms with Crippen LogP contribution >= 0.6 is 0 Å². The maximum Gasteiger partial charge on any atom is 0.274 e. The number of methoxy groups -OCH3 is 1. The molecule has 0 aliphatic heterocycles.